The Balaban J connectivity index is 2.02. The minimum Gasteiger partial charge on any atom is -0.469 e. The summed E-state index contributed by atoms with van der Waals surface area (Å²) < 4.78 is 4.83. The third-order valence-corrected chi connectivity index (χ3v) is 3.38. The number of nitrogens with zero attached hydrogens (tertiary/aromatic N) is 2. The van der Waals surface area contributed by atoms with Crippen molar-refractivity contribution in [1.29, 1.82) is 0 Å². The molecule has 17 heavy (non-hydrogen) atoms. The van der Waals surface area contributed by atoms with Gasteiger partial charge in [0.05, 0.1) is 13.0 Å². The first-order chi connectivity index (χ1) is 8.22. The van der Waals surface area contributed by atoms with Gasteiger partial charge in [-0.3, -0.25) is 4.79 Å². The van der Waals surface area contributed by atoms with E-state index in [0.29, 0.717) is 5.92 Å². The van der Waals surface area contributed by atoms with Crippen LogP contribution in [0.1, 0.15) is 13.3 Å². The molecular formula is C13H18N2O2. The highest BCUT2D eigenvalue weighted by molar-refractivity contribution is 5.73. The molecule has 1 aliphatic rings. The number of carbonyl (C=O) groups is 1. The monoisotopic (exact) mass is 234 g/mol. The number of hydrogen-bond donors (Lipinski definition) is 0. The van der Waals surface area contributed by atoms with Gasteiger partial charge in [-0.15, -0.1) is 0 Å². The molecule has 2 heterocycles. The Morgan fingerprint density at radius 1 is 1.53 bits per heavy atom. The summed E-state index contributed by atoms with van der Waals surface area (Å²) in [5, 5.41) is 0. The van der Waals surface area contributed by atoms with Crippen LogP contribution in [0, 0.1) is 11.8 Å². The van der Waals surface area contributed by atoms with Crippen LogP contribution in [0.5, 0.6) is 0 Å². The van der Waals surface area contributed by atoms with Crippen molar-refractivity contribution in [2.75, 3.05) is 25.1 Å². The Kier molecular flexibility index (Phi) is 3.61. The van der Waals surface area contributed by atoms with E-state index >= 15 is 0 Å². The number of carbonyl (C=O) groups excluding carboxylic acids is 1. The van der Waals surface area contributed by atoms with Crippen LogP contribution in [0.3, 0.4) is 0 Å². The summed E-state index contributed by atoms with van der Waals surface area (Å²) >= 11 is 0. The Hall–Kier alpha value is -1.58. The predicted molar refractivity (Wildman–Crippen MR) is 65.7 cm³/mol. The molecule has 1 aliphatic heterocycles. The fourth-order valence-corrected chi connectivity index (χ4v) is 2.40. The minimum absolute atomic E-state index is 0.0277. The maximum atomic E-state index is 11.6. The average molecular weight is 234 g/mol. The van der Waals surface area contributed by atoms with Gasteiger partial charge in [-0.2, -0.15) is 0 Å². The lowest BCUT2D eigenvalue weighted by molar-refractivity contribution is -0.147. The van der Waals surface area contributed by atoms with Gasteiger partial charge in [0, 0.05) is 19.3 Å². The fraction of sp³-hybridized carbons (Fsp3) is 0.538. The summed E-state index contributed by atoms with van der Waals surface area (Å²) in [6.45, 7) is 3.81. The smallest absolute Gasteiger partial charge is 0.309 e. The quantitative estimate of drug-likeness (QED) is 0.731. The van der Waals surface area contributed by atoms with Crippen molar-refractivity contribution < 1.29 is 9.53 Å². The van der Waals surface area contributed by atoms with Gasteiger partial charge >= 0.3 is 5.97 Å². The van der Waals surface area contributed by atoms with E-state index in [1.54, 1.807) is 6.20 Å². The lowest BCUT2D eigenvalue weighted by atomic mass is 9.87. The Morgan fingerprint density at radius 3 is 2.94 bits per heavy atom. The zero-order valence-electron chi connectivity index (χ0n) is 10.3. The van der Waals surface area contributed by atoms with Crippen molar-refractivity contribution >= 4 is 11.8 Å². The molecule has 1 fully saturated rings. The largest absolute Gasteiger partial charge is 0.469 e. The van der Waals surface area contributed by atoms with E-state index in [1.807, 2.05) is 18.2 Å². The second-order valence-electron chi connectivity index (χ2n) is 4.53. The number of hydrogen-bond acceptors (Lipinski definition) is 4. The lowest BCUT2D eigenvalue weighted by Crippen LogP contribution is -2.42. The molecule has 0 bridgehead atoms. The van der Waals surface area contributed by atoms with Crippen LogP contribution in [-0.2, 0) is 9.53 Å². The summed E-state index contributed by atoms with van der Waals surface area (Å²) in [6.07, 6.45) is 2.64. The van der Waals surface area contributed by atoms with Crippen molar-refractivity contribution in [3.63, 3.8) is 0 Å². The third kappa shape index (κ3) is 2.57. The molecule has 0 unspecified atom stereocenters. The molecule has 4 nitrogen and oxygen atoms in total. The highest BCUT2D eigenvalue weighted by Gasteiger charge is 2.32. The van der Waals surface area contributed by atoms with E-state index in [4.69, 9.17) is 4.74 Å². The number of piperidine rings is 1. The molecule has 1 saturated heterocycles. The zero-order valence-corrected chi connectivity index (χ0v) is 10.3. The highest BCUT2D eigenvalue weighted by atomic mass is 16.5. The number of ether oxygens (including phenoxy) is 1. The minimum atomic E-state index is -0.0850. The molecule has 2 rings (SSSR count). The van der Waals surface area contributed by atoms with Crippen LogP contribution in [0.2, 0.25) is 0 Å². The molecule has 0 saturated carbocycles. The molecule has 0 spiro atoms. The number of pyridine rings is 1. The van der Waals surface area contributed by atoms with E-state index in [-0.39, 0.29) is 11.9 Å². The molecule has 0 aromatic carbocycles. The van der Waals surface area contributed by atoms with Gasteiger partial charge < -0.3 is 9.64 Å². The summed E-state index contributed by atoms with van der Waals surface area (Å²) in [5.41, 5.74) is 0. The predicted octanol–water partition coefficient (Wildman–Crippen LogP) is 1.72. The van der Waals surface area contributed by atoms with Crippen LogP contribution >= 0.6 is 0 Å². The summed E-state index contributed by atoms with van der Waals surface area (Å²) in [4.78, 5) is 18.1. The van der Waals surface area contributed by atoms with Crippen molar-refractivity contribution in [3.8, 4) is 0 Å². The van der Waals surface area contributed by atoms with Crippen molar-refractivity contribution in [1.82, 2.24) is 4.98 Å². The van der Waals surface area contributed by atoms with Gasteiger partial charge in [0.2, 0.25) is 0 Å². The third-order valence-electron chi connectivity index (χ3n) is 3.38. The van der Waals surface area contributed by atoms with Gasteiger partial charge in [0.1, 0.15) is 5.82 Å². The van der Waals surface area contributed by atoms with E-state index in [0.717, 1.165) is 25.3 Å². The van der Waals surface area contributed by atoms with Gasteiger partial charge in [-0.25, -0.2) is 4.98 Å². The molecule has 0 radical (unpaired) electrons. The van der Waals surface area contributed by atoms with Crippen LogP contribution in [0.25, 0.3) is 0 Å². The fourth-order valence-electron chi connectivity index (χ4n) is 2.40. The molecule has 92 valence electrons. The Labute approximate surface area is 102 Å². The first kappa shape index (κ1) is 11.9. The molecule has 2 atom stereocenters. The van der Waals surface area contributed by atoms with Crippen LogP contribution < -0.4 is 4.90 Å². The average Bonchev–Trinajstić information content (AvgIpc) is 2.39. The number of rotatable bonds is 2. The lowest BCUT2D eigenvalue weighted by Gasteiger charge is -2.36. The van der Waals surface area contributed by atoms with Crippen LogP contribution in [-0.4, -0.2) is 31.2 Å². The SMILES string of the molecule is COC(=O)[C@@H]1CCN(c2ccccn2)C[C@@H]1C. The first-order valence-electron chi connectivity index (χ1n) is 5.96. The molecule has 0 N–H and O–H groups in total. The van der Waals surface area contributed by atoms with Crippen molar-refractivity contribution in [2.45, 2.75) is 13.3 Å². The summed E-state index contributed by atoms with van der Waals surface area (Å²) in [7, 11) is 1.46. The number of aromatic nitrogens is 1. The summed E-state index contributed by atoms with van der Waals surface area (Å²) in [6, 6.07) is 5.90. The van der Waals surface area contributed by atoms with E-state index in [1.165, 1.54) is 7.11 Å². The standard InChI is InChI=1S/C13H18N2O2/c1-10-9-15(12-5-3-4-7-14-12)8-6-11(10)13(16)17-2/h3-5,7,10-11H,6,8-9H2,1-2H3/t10-,11+/m0/s1. The Morgan fingerprint density at radius 2 is 2.35 bits per heavy atom. The number of anilines is 1. The normalized spacial score (nSPS) is 24.5. The Bertz CT molecular complexity index is 380. The molecule has 1 aromatic rings. The van der Waals surface area contributed by atoms with E-state index in [2.05, 4.69) is 16.8 Å². The zero-order chi connectivity index (χ0) is 12.3. The van der Waals surface area contributed by atoms with Gasteiger partial charge in [0.15, 0.2) is 0 Å². The van der Waals surface area contributed by atoms with Crippen molar-refractivity contribution in [2.24, 2.45) is 11.8 Å². The highest BCUT2D eigenvalue weighted by Crippen LogP contribution is 2.26. The second-order valence-corrected chi connectivity index (χ2v) is 4.53. The molecule has 1 aromatic heterocycles. The topological polar surface area (TPSA) is 42.4 Å². The van der Waals surface area contributed by atoms with Crippen LogP contribution in [0.4, 0.5) is 5.82 Å². The van der Waals surface area contributed by atoms with Crippen molar-refractivity contribution in [3.05, 3.63) is 24.4 Å². The molecule has 0 aliphatic carbocycles. The van der Waals surface area contributed by atoms with Gasteiger partial charge in [-0.1, -0.05) is 13.0 Å². The maximum Gasteiger partial charge on any atom is 0.309 e. The van der Waals surface area contributed by atoms with E-state index in [9.17, 15) is 4.79 Å². The van der Waals surface area contributed by atoms with Crippen LogP contribution in [0.15, 0.2) is 24.4 Å². The molecule has 4 heteroatoms. The second kappa shape index (κ2) is 5.17. The number of esters is 1. The number of methoxy groups -OCH3 is 1. The summed E-state index contributed by atoms with van der Waals surface area (Å²) in [5.74, 6) is 1.24. The van der Waals surface area contributed by atoms with Gasteiger partial charge in [-0.05, 0) is 24.5 Å². The first-order valence-corrected chi connectivity index (χ1v) is 5.96. The van der Waals surface area contributed by atoms with Gasteiger partial charge in [0.25, 0.3) is 0 Å². The maximum absolute atomic E-state index is 11.6. The molecule has 0 amide bonds. The molecular weight excluding hydrogens is 216 g/mol. The van der Waals surface area contributed by atoms with E-state index < -0.39 is 0 Å².